The Balaban J connectivity index is 4.29. The molecule has 0 N–H and O–H groups in total. The van der Waals surface area contributed by atoms with Crippen molar-refractivity contribution < 1.29 is 9.18 Å². The van der Waals surface area contributed by atoms with E-state index in [1.165, 1.54) is 0 Å². The second-order valence-corrected chi connectivity index (χ2v) is 4.59. The predicted molar refractivity (Wildman–Crippen MR) is 61.0 cm³/mol. The molecular formula is C10H21FNOP. The Morgan fingerprint density at radius 1 is 1.43 bits per heavy atom. The van der Waals surface area contributed by atoms with E-state index in [0.717, 1.165) is 6.42 Å². The molecule has 0 bridgehead atoms. The topological polar surface area (TPSA) is 20.3 Å². The van der Waals surface area contributed by atoms with Gasteiger partial charge in [0.2, 0.25) is 5.91 Å². The summed E-state index contributed by atoms with van der Waals surface area (Å²) in [5, 5.41) is -1.33. The summed E-state index contributed by atoms with van der Waals surface area (Å²) >= 11 is 0. The molecule has 0 aromatic carbocycles. The van der Waals surface area contributed by atoms with Crippen LogP contribution in [0, 0.1) is 0 Å². The lowest BCUT2D eigenvalue weighted by Crippen LogP contribution is -2.39. The SMILES string of the molecule is CCCN(CC(F)(P)CC)C(=O)CC. The van der Waals surface area contributed by atoms with Crippen LogP contribution in [0.2, 0.25) is 0 Å². The Kier molecular flexibility index (Phi) is 6.26. The van der Waals surface area contributed by atoms with E-state index < -0.39 is 5.41 Å². The van der Waals surface area contributed by atoms with Crippen molar-refractivity contribution in [3.8, 4) is 0 Å². The molecule has 0 fully saturated rings. The molecule has 2 atom stereocenters. The second kappa shape index (κ2) is 6.34. The van der Waals surface area contributed by atoms with Gasteiger partial charge in [-0.15, -0.1) is 0 Å². The van der Waals surface area contributed by atoms with Gasteiger partial charge in [-0.2, -0.15) is 0 Å². The minimum absolute atomic E-state index is 0.0322. The largest absolute Gasteiger partial charge is 0.339 e. The molecule has 0 aliphatic rings. The fraction of sp³-hybridized carbons (Fsp3) is 0.900. The fourth-order valence-corrected chi connectivity index (χ4v) is 1.43. The third-order valence-corrected chi connectivity index (χ3v) is 2.78. The third-order valence-electron chi connectivity index (χ3n) is 2.19. The maximum Gasteiger partial charge on any atom is 0.222 e. The van der Waals surface area contributed by atoms with Gasteiger partial charge in [-0.1, -0.05) is 30.0 Å². The second-order valence-electron chi connectivity index (χ2n) is 3.56. The van der Waals surface area contributed by atoms with E-state index in [1.807, 2.05) is 6.92 Å². The van der Waals surface area contributed by atoms with Crippen molar-refractivity contribution in [1.82, 2.24) is 4.90 Å². The number of rotatable bonds is 6. The molecule has 14 heavy (non-hydrogen) atoms. The van der Waals surface area contributed by atoms with Crippen LogP contribution in [0.1, 0.15) is 40.0 Å². The molecule has 0 heterocycles. The minimum atomic E-state index is -1.33. The summed E-state index contributed by atoms with van der Waals surface area (Å²) in [4.78, 5) is 13.1. The predicted octanol–water partition coefficient (Wildman–Crippen LogP) is 2.59. The van der Waals surface area contributed by atoms with E-state index in [0.29, 0.717) is 19.4 Å². The summed E-state index contributed by atoms with van der Waals surface area (Å²) in [5.41, 5.74) is 0. The number of hydrogen-bond donors (Lipinski definition) is 0. The van der Waals surface area contributed by atoms with Crippen LogP contribution in [0.3, 0.4) is 0 Å². The van der Waals surface area contributed by atoms with Crippen molar-refractivity contribution in [2.45, 2.75) is 45.4 Å². The van der Waals surface area contributed by atoms with Crippen LogP contribution in [0.15, 0.2) is 0 Å². The molecule has 0 aliphatic heterocycles. The molecule has 2 unspecified atom stereocenters. The Morgan fingerprint density at radius 3 is 2.36 bits per heavy atom. The molecule has 0 saturated heterocycles. The number of halogens is 1. The first-order valence-electron chi connectivity index (χ1n) is 5.22. The Labute approximate surface area is 88.4 Å². The van der Waals surface area contributed by atoms with Crippen LogP contribution < -0.4 is 0 Å². The van der Waals surface area contributed by atoms with E-state index in [4.69, 9.17) is 0 Å². The number of carbonyl (C=O) groups is 1. The molecule has 0 rings (SSSR count). The summed E-state index contributed by atoms with van der Waals surface area (Å²) in [5.74, 6) is 0.0322. The Bertz CT molecular complexity index is 185. The molecule has 0 aromatic heterocycles. The van der Waals surface area contributed by atoms with Crippen LogP contribution in [0.4, 0.5) is 4.39 Å². The molecular weight excluding hydrogens is 200 g/mol. The van der Waals surface area contributed by atoms with Gasteiger partial charge in [0, 0.05) is 13.0 Å². The van der Waals surface area contributed by atoms with Gasteiger partial charge in [-0.25, -0.2) is 4.39 Å². The van der Waals surface area contributed by atoms with Crippen molar-refractivity contribution in [2.24, 2.45) is 0 Å². The van der Waals surface area contributed by atoms with E-state index in [1.54, 1.807) is 18.7 Å². The number of carbonyl (C=O) groups excluding carboxylic acids is 1. The highest BCUT2D eigenvalue weighted by Crippen LogP contribution is 2.25. The normalized spacial score (nSPS) is 14.9. The first-order chi connectivity index (χ1) is 6.46. The molecule has 0 radical (unpaired) electrons. The van der Waals surface area contributed by atoms with Crippen molar-refractivity contribution in [1.29, 1.82) is 0 Å². The molecule has 0 saturated carbocycles. The standard InChI is InChI=1S/C10H21FNOP/c1-4-7-12(9(13)5-2)8-10(11,14)6-3/h4-8,14H2,1-3H3. The lowest BCUT2D eigenvalue weighted by Gasteiger charge is -2.28. The van der Waals surface area contributed by atoms with E-state index >= 15 is 0 Å². The first kappa shape index (κ1) is 13.8. The molecule has 0 spiro atoms. The third kappa shape index (κ3) is 4.90. The van der Waals surface area contributed by atoms with Crippen molar-refractivity contribution in [3.05, 3.63) is 0 Å². The van der Waals surface area contributed by atoms with Crippen LogP contribution in [0.25, 0.3) is 0 Å². The Hall–Kier alpha value is -0.170. The lowest BCUT2D eigenvalue weighted by atomic mass is 10.2. The summed E-state index contributed by atoms with van der Waals surface area (Å²) in [6, 6.07) is 0. The van der Waals surface area contributed by atoms with Crippen LogP contribution in [0.5, 0.6) is 0 Å². The zero-order valence-electron chi connectivity index (χ0n) is 9.35. The molecule has 2 nitrogen and oxygen atoms in total. The van der Waals surface area contributed by atoms with E-state index in [2.05, 4.69) is 9.24 Å². The summed E-state index contributed by atoms with van der Waals surface area (Å²) in [6.45, 7) is 6.42. The van der Waals surface area contributed by atoms with Crippen molar-refractivity contribution in [2.75, 3.05) is 13.1 Å². The van der Waals surface area contributed by atoms with Crippen LogP contribution in [-0.4, -0.2) is 29.3 Å². The maximum atomic E-state index is 13.7. The summed E-state index contributed by atoms with van der Waals surface area (Å²) < 4.78 is 13.7. The number of alkyl halides is 1. The quantitative estimate of drug-likeness (QED) is 0.631. The summed E-state index contributed by atoms with van der Waals surface area (Å²) in [6.07, 6.45) is 1.73. The number of nitrogens with zero attached hydrogens (tertiary/aromatic N) is 1. The van der Waals surface area contributed by atoms with Gasteiger partial charge >= 0.3 is 0 Å². The number of amides is 1. The zero-order chi connectivity index (χ0) is 11.2. The fourth-order valence-electron chi connectivity index (χ4n) is 1.21. The average molecular weight is 221 g/mol. The molecule has 4 heteroatoms. The molecule has 0 aromatic rings. The van der Waals surface area contributed by atoms with Crippen molar-refractivity contribution in [3.63, 3.8) is 0 Å². The monoisotopic (exact) mass is 221 g/mol. The van der Waals surface area contributed by atoms with Gasteiger partial charge in [0.1, 0.15) is 5.41 Å². The highest BCUT2D eigenvalue weighted by molar-refractivity contribution is 7.18. The highest BCUT2D eigenvalue weighted by atomic mass is 31.0. The smallest absolute Gasteiger partial charge is 0.222 e. The average Bonchev–Trinajstić information content (AvgIpc) is 2.16. The van der Waals surface area contributed by atoms with Gasteiger partial charge in [-0.05, 0) is 12.8 Å². The van der Waals surface area contributed by atoms with Crippen LogP contribution >= 0.6 is 9.24 Å². The highest BCUT2D eigenvalue weighted by Gasteiger charge is 2.26. The molecule has 84 valence electrons. The minimum Gasteiger partial charge on any atom is -0.339 e. The first-order valence-corrected chi connectivity index (χ1v) is 5.80. The van der Waals surface area contributed by atoms with Gasteiger partial charge < -0.3 is 4.90 Å². The summed E-state index contributed by atoms with van der Waals surface area (Å²) in [7, 11) is 2.19. The van der Waals surface area contributed by atoms with Crippen molar-refractivity contribution >= 4 is 15.1 Å². The Morgan fingerprint density at radius 2 is 2.00 bits per heavy atom. The van der Waals surface area contributed by atoms with E-state index in [-0.39, 0.29) is 12.5 Å². The van der Waals surface area contributed by atoms with Gasteiger partial charge in [0.25, 0.3) is 0 Å². The van der Waals surface area contributed by atoms with Gasteiger partial charge in [0.15, 0.2) is 0 Å². The van der Waals surface area contributed by atoms with Gasteiger partial charge in [0.05, 0.1) is 6.54 Å². The number of hydrogen-bond acceptors (Lipinski definition) is 1. The van der Waals surface area contributed by atoms with Gasteiger partial charge in [-0.3, -0.25) is 4.79 Å². The molecule has 0 aliphatic carbocycles. The zero-order valence-corrected chi connectivity index (χ0v) is 10.5. The van der Waals surface area contributed by atoms with E-state index in [9.17, 15) is 9.18 Å². The lowest BCUT2D eigenvalue weighted by molar-refractivity contribution is -0.132. The molecule has 1 amide bonds. The maximum absolute atomic E-state index is 13.7. The van der Waals surface area contributed by atoms with Crippen LogP contribution in [-0.2, 0) is 4.79 Å².